The molecule has 8 nitrogen and oxygen atoms in total. The van der Waals surface area contributed by atoms with Crippen LogP contribution in [-0.2, 0) is 17.8 Å². The monoisotopic (exact) mass is 474 g/mol. The number of aliphatic hydroxyl groups excluding tert-OH is 5. The summed E-state index contributed by atoms with van der Waals surface area (Å²) in [5.41, 5.74) is 1.64. The van der Waals surface area contributed by atoms with Gasteiger partial charge >= 0.3 is 6.36 Å². The molecular weight excluding hydrogens is 449 g/mol. The van der Waals surface area contributed by atoms with Crippen LogP contribution in [0.1, 0.15) is 23.6 Å². The molecule has 0 bridgehead atoms. The minimum Gasteiger partial charge on any atom is -0.462 e. The number of halogens is 3. The highest BCUT2D eigenvalue weighted by atomic mass is 19.4. The van der Waals surface area contributed by atoms with Crippen molar-refractivity contribution in [3.8, 4) is 11.5 Å². The van der Waals surface area contributed by atoms with Gasteiger partial charge in [0.05, 0.1) is 12.7 Å². The van der Waals surface area contributed by atoms with Crippen LogP contribution in [0.3, 0.4) is 0 Å². The number of aliphatic hydroxyl groups is 5. The number of benzene rings is 2. The molecule has 6 atom stereocenters. The first-order valence-electron chi connectivity index (χ1n) is 10.1. The van der Waals surface area contributed by atoms with E-state index in [1.807, 2.05) is 0 Å². The summed E-state index contributed by atoms with van der Waals surface area (Å²) in [5, 5.41) is 49.7. The highest BCUT2D eigenvalue weighted by Gasteiger charge is 2.46. The topological polar surface area (TPSA) is 129 Å². The van der Waals surface area contributed by atoms with Crippen LogP contribution in [-0.4, -0.2) is 68.7 Å². The molecule has 2 aromatic rings. The Morgan fingerprint density at radius 2 is 1.61 bits per heavy atom. The molecule has 33 heavy (non-hydrogen) atoms. The van der Waals surface area contributed by atoms with Crippen molar-refractivity contribution >= 4 is 0 Å². The molecule has 0 aliphatic carbocycles. The average Bonchev–Trinajstić information content (AvgIpc) is 2.75. The Labute approximate surface area is 187 Å². The summed E-state index contributed by atoms with van der Waals surface area (Å²) in [5.74, 6) is -0.192. The molecule has 0 amide bonds. The third kappa shape index (κ3) is 6.34. The minimum atomic E-state index is -4.80. The summed E-state index contributed by atoms with van der Waals surface area (Å²) < 4.78 is 52.2. The fraction of sp³-hybridized carbons (Fsp3) is 0.455. The van der Waals surface area contributed by atoms with Gasteiger partial charge in [0.25, 0.3) is 0 Å². The Kier molecular flexibility index (Phi) is 7.83. The zero-order chi connectivity index (χ0) is 24.3. The molecule has 1 fully saturated rings. The summed E-state index contributed by atoms with van der Waals surface area (Å²) in [4.78, 5) is 0. The maximum Gasteiger partial charge on any atom is 0.573 e. The molecule has 0 radical (unpaired) electrons. The van der Waals surface area contributed by atoms with E-state index in [0.29, 0.717) is 16.7 Å². The lowest BCUT2D eigenvalue weighted by molar-refractivity contribution is -0.286. The first-order valence-corrected chi connectivity index (χ1v) is 10.1. The molecule has 2 aromatic carbocycles. The van der Waals surface area contributed by atoms with Crippen LogP contribution < -0.4 is 9.47 Å². The summed E-state index contributed by atoms with van der Waals surface area (Å²) >= 11 is 0. The summed E-state index contributed by atoms with van der Waals surface area (Å²) in [6.07, 6.45) is -13.3. The third-order valence-electron chi connectivity index (χ3n) is 5.19. The van der Waals surface area contributed by atoms with E-state index in [1.54, 1.807) is 12.1 Å². The van der Waals surface area contributed by atoms with Gasteiger partial charge in [-0.1, -0.05) is 24.3 Å². The van der Waals surface area contributed by atoms with Gasteiger partial charge < -0.3 is 39.7 Å². The second kappa shape index (κ2) is 10.2. The lowest BCUT2D eigenvalue weighted by Gasteiger charge is -2.41. The molecule has 0 saturated carbocycles. The molecule has 1 aliphatic heterocycles. The molecule has 1 saturated heterocycles. The molecule has 11 heteroatoms. The molecule has 182 valence electrons. The number of hydrogen-bond donors (Lipinski definition) is 5. The van der Waals surface area contributed by atoms with Crippen molar-refractivity contribution < 1.29 is 52.9 Å². The number of hydrogen-bond acceptors (Lipinski definition) is 8. The molecule has 0 spiro atoms. The largest absolute Gasteiger partial charge is 0.573 e. The SMILES string of the molecule is C[C@@H](O)[C@H]1O[C@@H](Oc2cc(CO)ccc2Cc2ccc(OC(F)(F)F)cc2)[C@H](O)[C@@H](O)[C@@H]1O. The van der Waals surface area contributed by atoms with Gasteiger partial charge in [0.15, 0.2) is 0 Å². The van der Waals surface area contributed by atoms with Gasteiger partial charge in [-0.05, 0) is 41.8 Å². The van der Waals surface area contributed by atoms with E-state index < -0.39 is 43.2 Å². The van der Waals surface area contributed by atoms with Gasteiger partial charge in [0.2, 0.25) is 6.29 Å². The predicted octanol–water partition coefficient (Wildman–Crippen LogP) is 1.24. The van der Waals surface area contributed by atoms with Gasteiger partial charge in [-0.15, -0.1) is 13.2 Å². The predicted molar refractivity (Wildman–Crippen MR) is 107 cm³/mol. The first kappa shape index (κ1) is 25.2. The van der Waals surface area contributed by atoms with E-state index in [2.05, 4.69) is 4.74 Å². The third-order valence-corrected chi connectivity index (χ3v) is 5.19. The van der Waals surface area contributed by atoms with E-state index in [9.17, 15) is 38.7 Å². The molecule has 5 N–H and O–H groups in total. The average molecular weight is 474 g/mol. The van der Waals surface area contributed by atoms with Crippen molar-refractivity contribution in [3.05, 3.63) is 59.2 Å². The Morgan fingerprint density at radius 3 is 2.18 bits per heavy atom. The van der Waals surface area contributed by atoms with Gasteiger partial charge in [-0.3, -0.25) is 0 Å². The van der Waals surface area contributed by atoms with Gasteiger partial charge in [-0.25, -0.2) is 0 Å². The lowest BCUT2D eigenvalue weighted by Crippen LogP contribution is -2.61. The highest BCUT2D eigenvalue weighted by molar-refractivity contribution is 5.41. The molecule has 0 aromatic heterocycles. The van der Waals surface area contributed by atoms with Crippen molar-refractivity contribution in [1.29, 1.82) is 0 Å². The summed E-state index contributed by atoms with van der Waals surface area (Å²) in [6, 6.07) is 9.98. The normalized spacial score (nSPS) is 26.6. The fourth-order valence-electron chi connectivity index (χ4n) is 3.48. The Hall–Kier alpha value is -2.41. The first-order chi connectivity index (χ1) is 15.5. The maximum atomic E-state index is 12.4. The van der Waals surface area contributed by atoms with E-state index in [4.69, 9.17) is 9.47 Å². The van der Waals surface area contributed by atoms with Gasteiger partial charge in [0, 0.05) is 6.42 Å². The minimum absolute atomic E-state index is 0.175. The van der Waals surface area contributed by atoms with Crippen LogP contribution in [0.15, 0.2) is 42.5 Å². The van der Waals surface area contributed by atoms with Crippen molar-refractivity contribution in [1.82, 2.24) is 0 Å². The Morgan fingerprint density at radius 1 is 0.970 bits per heavy atom. The second-order valence-corrected chi connectivity index (χ2v) is 7.77. The van der Waals surface area contributed by atoms with Crippen LogP contribution in [0.2, 0.25) is 0 Å². The van der Waals surface area contributed by atoms with Crippen LogP contribution in [0.5, 0.6) is 11.5 Å². The van der Waals surface area contributed by atoms with E-state index in [-0.39, 0.29) is 24.5 Å². The van der Waals surface area contributed by atoms with Crippen LogP contribution in [0, 0.1) is 0 Å². The molecular formula is C22H25F3O8. The smallest absolute Gasteiger partial charge is 0.462 e. The standard InChI is InChI=1S/C22H25F3O8/c1-11(27)20-18(29)17(28)19(30)21(32-20)31-16-9-13(10-26)2-5-14(16)8-12-3-6-15(7-4-12)33-22(23,24)25/h2-7,9,11,17-21,26-30H,8,10H2,1H3/t11-,17+,18+,19-,20-,21-/m1/s1. The van der Waals surface area contributed by atoms with E-state index >= 15 is 0 Å². The zero-order valence-corrected chi connectivity index (χ0v) is 17.5. The fourth-order valence-corrected chi connectivity index (χ4v) is 3.48. The summed E-state index contributed by atoms with van der Waals surface area (Å²) in [7, 11) is 0. The van der Waals surface area contributed by atoms with Crippen LogP contribution >= 0.6 is 0 Å². The lowest BCUT2D eigenvalue weighted by atomic mass is 9.96. The van der Waals surface area contributed by atoms with Gasteiger partial charge in [0.1, 0.15) is 35.9 Å². The quantitative estimate of drug-likeness (QED) is 0.406. The van der Waals surface area contributed by atoms with Crippen LogP contribution in [0.4, 0.5) is 13.2 Å². The van der Waals surface area contributed by atoms with Crippen molar-refractivity contribution in [2.45, 2.75) is 63.1 Å². The highest BCUT2D eigenvalue weighted by Crippen LogP contribution is 2.30. The number of ether oxygens (including phenoxy) is 3. The van der Waals surface area contributed by atoms with E-state index in [1.165, 1.54) is 37.3 Å². The molecule has 1 heterocycles. The number of rotatable bonds is 7. The van der Waals surface area contributed by atoms with Crippen LogP contribution in [0.25, 0.3) is 0 Å². The zero-order valence-electron chi connectivity index (χ0n) is 17.5. The Bertz CT molecular complexity index is 919. The van der Waals surface area contributed by atoms with Crippen molar-refractivity contribution in [2.24, 2.45) is 0 Å². The second-order valence-electron chi connectivity index (χ2n) is 7.77. The maximum absolute atomic E-state index is 12.4. The molecule has 1 aliphatic rings. The van der Waals surface area contributed by atoms with Gasteiger partial charge in [-0.2, -0.15) is 0 Å². The van der Waals surface area contributed by atoms with Crippen molar-refractivity contribution in [2.75, 3.05) is 0 Å². The van der Waals surface area contributed by atoms with Crippen molar-refractivity contribution in [3.63, 3.8) is 0 Å². The number of alkyl halides is 3. The summed E-state index contributed by atoms with van der Waals surface area (Å²) in [6.45, 7) is 1.03. The Balaban J connectivity index is 1.82. The molecule has 3 rings (SSSR count). The molecule has 0 unspecified atom stereocenters. The van der Waals surface area contributed by atoms with E-state index in [0.717, 1.165) is 0 Å².